The van der Waals surface area contributed by atoms with Gasteiger partial charge in [-0.25, -0.2) is 0 Å². The summed E-state index contributed by atoms with van der Waals surface area (Å²) in [5.74, 6) is 0. The average molecular weight is 1030 g/mol. The van der Waals surface area contributed by atoms with Crippen molar-refractivity contribution in [3.63, 3.8) is 0 Å². The number of hydrogen-bond donors (Lipinski definition) is 0. The second-order valence-corrected chi connectivity index (χ2v) is 21.0. The van der Waals surface area contributed by atoms with Crippen LogP contribution in [0.25, 0.3) is 149 Å². The summed E-state index contributed by atoms with van der Waals surface area (Å²) in [6, 6.07) is 97.6. The first-order chi connectivity index (χ1) is 40.2. The van der Waals surface area contributed by atoms with Crippen LogP contribution < -0.4 is 0 Å². The first kappa shape index (κ1) is 44.7. The summed E-state index contributed by atoms with van der Waals surface area (Å²) in [7, 11) is 0. The third kappa shape index (κ3) is 6.15. The minimum Gasteiger partial charge on any atom is -0.309 e. The van der Waals surface area contributed by atoms with E-state index in [-0.39, 0.29) is 0 Å². The lowest BCUT2D eigenvalue weighted by Crippen LogP contribution is -2.06. The zero-order chi connectivity index (χ0) is 53.4. The van der Waals surface area contributed by atoms with E-state index in [2.05, 4.69) is 272 Å². The lowest BCUT2D eigenvalue weighted by molar-refractivity contribution is 1.12. The normalized spacial score (nSPS) is 11.9. The Bertz CT molecular complexity index is 5530. The van der Waals surface area contributed by atoms with Gasteiger partial charge in [0.2, 0.25) is 0 Å². The van der Waals surface area contributed by atoms with Crippen LogP contribution in [-0.2, 0) is 0 Å². The Morgan fingerprint density at radius 3 is 1.07 bits per heavy atom. The van der Waals surface area contributed by atoms with Crippen LogP contribution in [0.5, 0.6) is 0 Å². The van der Waals surface area contributed by atoms with Crippen LogP contribution in [0.2, 0.25) is 0 Å². The van der Waals surface area contributed by atoms with E-state index in [0.29, 0.717) is 22.5 Å². The van der Waals surface area contributed by atoms with Crippen LogP contribution in [0.3, 0.4) is 0 Å². The van der Waals surface area contributed by atoms with Crippen molar-refractivity contribution in [2.45, 2.75) is 0 Å². The number of benzene rings is 12. The van der Waals surface area contributed by atoms with E-state index < -0.39 is 0 Å². The molecule has 0 aliphatic heterocycles. The molecule has 0 aliphatic rings. The van der Waals surface area contributed by atoms with Crippen LogP contribution in [0.15, 0.2) is 261 Å². The minimum atomic E-state index is 0.494. The summed E-state index contributed by atoms with van der Waals surface area (Å²) in [5, 5.41) is 34.2. The standard InChI is InChI=1S/C74H43N7/c75-44-46-22-10-11-29-51(46)47-40-65(80-61-36-18-13-31-53(61)58-42-67-57(43-68(58)80)52-30-12-17-35-60(52)77(67)48-23-4-1-5-24-48)59(45-76)66(41-47)81-64-39-21-16-34-56(64)71-73-69(54-32-14-19-37-62(54)78(73)49-25-6-2-7-26-49)72-70(74(71)81)55-33-15-20-38-63(55)79(72)50-27-8-3-9-28-50/h1-43H. The number of hydrogen-bond acceptors (Lipinski definition) is 2. The maximum absolute atomic E-state index is 12.3. The van der Waals surface area contributed by atoms with Gasteiger partial charge in [0.15, 0.2) is 0 Å². The molecule has 374 valence electrons. The molecule has 0 aliphatic carbocycles. The van der Waals surface area contributed by atoms with Crippen LogP contribution in [0, 0.1) is 22.7 Å². The van der Waals surface area contributed by atoms with Crippen molar-refractivity contribution in [1.29, 1.82) is 10.5 Å². The van der Waals surface area contributed by atoms with Gasteiger partial charge >= 0.3 is 0 Å². The molecule has 17 aromatic rings. The highest BCUT2D eigenvalue weighted by atomic mass is 15.1. The van der Waals surface area contributed by atoms with Gasteiger partial charge in [-0.3, -0.25) is 0 Å². The SMILES string of the molecule is N#Cc1ccccc1-c1cc(-n2c3ccccc3c3cc4c(cc32)c2ccccc2n4-c2ccccc2)c(C#N)c(-n2c3ccccc3c3c4c(c5ccccc5n4-c4ccccc4)c4c(c5ccccc5n4-c4ccccc4)c32)c1. The van der Waals surface area contributed by atoms with Gasteiger partial charge in [-0.05, 0) is 108 Å². The first-order valence-corrected chi connectivity index (χ1v) is 27.3. The molecule has 7 nitrogen and oxygen atoms in total. The van der Waals surface area contributed by atoms with Gasteiger partial charge in [0, 0.05) is 70.9 Å². The highest BCUT2D eigenvalue weighted by Gasteiger charge is 2.31. The van der Waals surface area contributed by atoms with Crippen molar-refractivity contribution in [3.05, 3.63) is 272 Å². The zero-order valence-electron chi connectivity index (χ0n) is 43.5. The molecule has 12 aromatic carbocycles. The molecule has 0 fully saturated rings. The smallest absolute Gasteiger partial charge is 0.104 e. The summed E-state index contributed by atoms with van der Waals surface area (Å²) >= 11 is 0. The molecule has 0 saturated heterocycles. The number of para-hydroxylation sites is 8. The molecule has 0 radical (unpaired) electrons. The summed E-state index contributed by atoms with van der Waals surface area (Å²) < 4.78 is 11.9. The fourth-order valence-corrected chi connectivity index (χ4v) is 13.7. The van der Waals surface area contributed by atoms with E-state index in [4.69, 9.17) is 0 Å². The van der Waals surface area contributed by atoms with Crippen molar-refractivity contribution in [1.82, 2.24) is 22.8 Å². The largest absolute Gasteiger partial charge is 0.309 e. The molecule has 0 amide bonds. The van der Waals surface area contributed by atoms with E-state index in [0.717, 1.165) is 137 Å². The number of nitriles is 2. The van der Waals surface area contributed by atoms with Crippen LogP contribution >= 0.6 is 0 Å². The molecular weight excluding hydrogens is 987 g/mol. The average Bonchev–Trinajstić information content (AvgIpc) is 2.89. The van der Waals surface area contributed by atoms with E-state index in [1.807, 2.05) is 24.3 Å². The highest BCUT2D eigenvalue weighted by Crippen LogP contribution is 2.51. The molecule has 5 heterocycles. The molecule has 5 aromatic heterocycles. The quantitative estimate of drug-likeness (QED) is 0.166. The Balaban J connectivity index is 1.10. The van der Waals surface area contributed by atoms with Crippen molar-refractivity contribution < 1.29 is 0 Å². The van der Waals surface area contributed by atoms with Crippen LogP contribution in [-0.4, -0.2) is 22.8 Å². The minimum absolute atomic E-state index is 0.494. The number of fused-ring (bicyclic) bond motifs is 18. The van der Waals surface area contributed by atoms with Crippen molar-refractivity contribution in [3.8, 4) is 51.7 Å². The molecule has 0 spiro atoms. The molecule has 0 bridgehead atoms. The third-order valence-corrected chi connectivity index (χ3v) is 16.9. The van der Waals surface area contributed by atoms with Crippen molar-refractivity contribution in [2.24, 2.45) is 0 Å². The third-order valence-electron chi connectivity index (χ3n) is 16.9. The number of rotatable bonds is 6. The van der Waals surface area contributed by atoms with E-state index in [9.17, 15) is 10.5 Å². The predicted molar refractivity (Wildman–Crippen MR) is 333 cm³/mol. The molecule has 81 heavy (non-hydrogen) atoms. The van der Waals surface area contributed by atoms with Gasteiger partial charge in [0.25, 0.3) is 0 Å². The van der Waals surface area contributed by atoms with E-state index >= 15 is 0 Å². The van der Waals surface area contributed by atoms with E-state index in [1.54, 1.807) is 0 Å². The van der Waals surface area contributed by atoms with Crippen LogP contribution in [0.4, 0.5) is 0 Å². The van der Waals surface area contributed by atoms with Gasteiger partial charge < -0.3 is 22.8 Å². The van der Waals surface area contributed by atoms with Gasteiger partial charge in [-0.15, -0.1) is 0 Å². The Morgan fingerprint density at radius 1 is 0.259 bits per heavy atom. The summed E-state index contributed by atoms with van der Waals surface area (Å²) in [6.45, 7) is 0. The second kappa shape index (κ2) is 17.1. The lowest BCUT2D eigenvalue weighted by atomic mass is 9.96. The fraction of sp³-hybridized carbons (Fsp3) is 0. The van der Waals surface area contributed by atoms with Gasteiger partial charge in [0.05, 0.1) is 78.2 Å². The molecular formula is C74H43N7. The monoisotopic (exact) mass is 1030 g/mol. The maximum atomic E-state index is 12.3. The fourth-order valence-electron chi connectivity index (χ4n) is 13.7. The second-order valence-electron chi connectivity index (χ2n) is 21.0. The Kier molecular flexibility index (Phi) is 9.42. The molecule has 0 unspecified atom stereocenters. The van der Waals surface area contributed by atoms with E-state index in [1.165, 1.54) is 0 Å². The van der Waals surface area contributed by atoms with Crippen molar-refractivity contribution >= 4 is 109 Å². The van der Waals surface area contributed by atoms with Gasteiger partial charge in [-0.1, -0.05) is 164 Å². The summed E-state index contributed by atoms with van der Waals surface area (Å²) in [4.78, 5) is 0. The predicted octanol–water partition coefficient (Wildman–Crippen LogP) is 18.6. The highest BCUT2D eigenvalue weighted by molar-refractivity contribution is 6.40. The van der Waals surface area contributed by atoms with Gasteiger partial charge in [0.1, 0.15) is 11.6 Å². The summed E-state index contributed by atoms with van der Waals surface area (Å²) in [6.07, 6.45) is 0. The van der Waals surface area contributed by atoms with Gasteiger partial charge in [-0.2, -0.15) is 10.5 Å². The lowest BCUT2D eigenvalue weighted by Gasteiger charge is -2.19. The summed E-state index contributed by atoms with van der Waals surface area (Å²) in [5.41, 5.74) is 17.6. The number of nitrogens with zero attached hydrogens (tertiary/aromatic N) is 7. The zero-order valence-corrected chi connectivity index (χ0v) is 43.5. The number of aromatic nitrogens is 5. The Hall–Kier alpha value is -11.4. The maximum Gasteiger partial charge on any atom is 0.104 e. The molecule has 0 N–H and O–H groups in total. The first-order valence-electron chi connectivity index (χ1n) is 27.3. The van der Waals surface area contributed by atoms with Crippen LogP contribution in [0.1, 0.15) is 11.1 Å². The molecule has 17 rings (SSSR count). The molecule has 7 heteroatoms. The molecule has 0 saturated carbocycles. The Labute approximate surface area is 463 Å². The molecule has 0 atom stereocenters. The Morgan fingerprint density at radius 2 is 0.605 bits per heavy atom. The topological polar surface area (TPSA) is 72.2 Å². The van der Waals surface area contributed by atoms with Crippen molar-refractivity contribution in [2.75, 3.05) is 0 Å².